The first-order valence-electron chi connectivity index (χ1n) is 8.17. The molecule has 0 bridgehead atoms. The van der Waals surface area contributed by atoms with E-state index in [0.29, 0.717) is 12.1 Å². The van der Waals surface area contributed by atoms with Gasteiger partial charge in [0.1, 0.15) is 5.82 Å². The van der Waals surface area contributed by atoms with Crippen molar-refractivity contribution < 1.29 is 14.0 Å². The smallest absolute Gasteiger partial charge is 0.247 e. The molecule has 1 aliphatic carbocycles. The van der Waals surface area contributed by atoms with Crippen molar-refractivity contribution in [2.75, 3.05) is 10.6 Å². The van der Waals surface area contributed by atoms with Crippen LogP contribution in [-0.4, -0.2) is 11.8 Å². The molecule has 2 aromatic carbocycles. The first-order valence-corrected chi connectivity index (χ1v) is 8.17. The lowest BCUT2D eigenvalue weighted by molar-refractivity contribution is -0.116. The second-order valence-corrected chi connectivity index (χ2v) is 6.07. The number of hydrogen-bond acceptors (Lipinski definition) is 2. The number of hydrogen-bond donors (Lipinski definition) is 2. The van der Waals surface area contributed by atoms with Crippen LogP contribution in [0.1, 0.15) is 29.9 Å². The number of halogens is 1. The van der Waals surface area contributed by atoms with Gasteiger partial charge in [-0.25, -0.2) is 4.39 Å². The van der Waals surface area contributed by atoms with Crippen LogP contribution >= 0.6 is 0 Å². The highest BCUT2D eigenvalue weighted by Crippen LogP contribution is 2.35. The standard InChI is InChI=1S/C20H19FN2O2/c1-2-19(24)23-18-12-15(9-10-17(18)21)22-20(25)11-14-8-7-13-5-3-4-6-16(13)14/h2-6,9-10,12,14H,1,7-8,11H2,(H,22,25)(H,23,24). The van der Waals surface area contributed by atoms with Gasteiger partial charge in [-0.1, -0.05) is 30.8 Å². The Kier molecular flexibility index (Phi) is 4.93. The molecule has 0 spiro atoms. The summed E-state index contributed by atoms with van der Waals surface area (Å²) in [6, 6.07) is 12.3. The maximum Gasteiger partial charge on any atom is 0.247 e. The van der Waals surface area contributed by atoms with Gasteiger partial charge in [-0.05, 0) is 54.2 Å². The normalized spacial score (nSPS) is 15.3. The second-order valence-electron chi connectivity index (χ2n) is 6.07. The highest BCUT2D eigenvalue weighted by atomic mass is 19.1. The van der Waals surface area contributed by atoms with Crippen LogP contribution in [-0.2, 0) is 16.0 Å². The van der Waals surface area contributed by atoms with E-state index >= 15 is 0 Å². The molecule has 1 unspecified atom stereocenters. The lowest BCUT2D eigenvalue weighted by Crippen LogP contribution is -2.15. The molecule has 0 saturated heterocycles. The van der Waals surface area contributed by atoms with Gasteiger partial charge in [-0.3, -0.25) is 9.59 Å². The maximum absolute atomic E-state index is 13.7. The summed E-state index contributed by atoms with van der Waals surface area (Å²) in [6.45, 7) is 3.33. The van der Waals surface area contributed by atoms with Crippen LogP contribution in [0.15, 0.2) is 55.1 Å². The molecule has 0 saturated carbocycles. The quantitative estimate of drug-likeness (QED) is 0.809. The Hall–Kier alpha value is -2.95. The number of amides is 2. The van der Waals surface area contributed by atoms with E-state index < -0.39 is 11.7 Å². The summed E-state index contributed by atoms with van der Waals surface area (Å²) in [4.78, 5) is 23.7. The Labute approximate surface area is 145 Å². The van der Waals surface area contributed by atoms with Crippen LogP contribution in [0.4, 0.5) is 15.8 Å². The van der Waals surface area contributed by atoms with Crippen LogP contribution in [0.2, 0.25) is 0 Å². The number of aryl methyl sites for hydroxylation is 1. The van der Waals surface area contributed by atoms with Crippen LogP contribution in [0.25, 0.3) is 0 Å². The third kappa shape index (κ3) is 3.94. The largest absolute Gasteiger partial charge is 0.326 e. The van der Waals surface area contributed by atoms with Crippen molar-refractivity contribution in [3.63, 3.8) is 0 Å². The van der Waals surface area contributed by atoms with Crippen molar-refractivity contribution in [3.05, 3.63) is 72.1 Å². The number of carbonyl (C=O) groups is 2. The van der Waals surface area contributed by atoms with Crippen LogP contribution in [0, 0.1) is 5.82 Å². The molecule has 2 aromatic rings. The number of fused-ring (bicyclic) bond motifs is 1. The fraction of sp³-hybridized carbons (Fsp3) is 0.200. The van der Waals surface area contributed by atoms with Gasteiger partial charge >= 0.3 is 0 Å². The number of anilines is 2. The summed E-state index contributed by atoms with van der Waals surface area (Å²) in [7, 11) is 0. The molecule has 1 aliphatic rings. The summed E-state index contributed by atoms with van der Waals surface area (Å²) >= 11 is 0. The number of rotatable bonds is 5. The molecule has 5 heteroatoms. The van der Waals surface area contributed by atoms with Crippen molar-refractivity contribution in [1.82, 2.24) is 0 Å². The molecule has 2 N–H and O–H groups in total. The van der Waals surface area contributed by atoms with E-state index in [1.807, 2.05) is 12.1 Å². The molecule has 0 radical (unpaired) electrons. The highest BCUT2D eigenvalue weighted by molar-refractivity contribution is 5.99. The van der Waals surface area contributed by atoms with Gasteiger partial charge in [0, 0.05) is 12.1 Å². The fourth-order valence-electron chi connectivity index (χ4n) is 3.18. The SMILES string of the molecule is C=CC(=O)Nc1cc(NC(=O)CC2CCc3ccccc32)ccc1F. The van der Waals surface area contributed by atoms with Gasteiger partial charge in [0.05, 0.1) is 5.69 Å². The molecule has 0 aliphatic heterocycles. The predicted octanol–water partition coefficient (Wildman–Crippen LogP) is 4.01. The third-order valence-electron chi connectivity index (χ3n) is 4.38. The first-order chi connectivity index (χ1) is 12.1. The predicted molar refractivity (Wildman–Crippen MR) is 96.0 cm³/mol. The lowest BCUT2D eigenvalue weighted by Gasteiger charge is -2.13. The maximum atomic E-state index is 13.7. The summed E-state index contributed by atoms with van der Waals surface area (Å²) in [5.74, 6) is -1.01. The van der Waals surface area contributed by atoms with Crippen LogP contribution in [0.5, 0.6) is 0 Å². The summed E-state index contributed by atoms with van der Waals surface area (Å²) < 4.78 is 13.7. The number of carbonyl (C=O) groups excluding carboxylic acids is 2. The van der Waals surface area contributed by atoms with Crippen LogP contribution in [0.3, 0.4) is 0 Å². The van der Waals surface area contributed by atoms with Crippen molar-refractivity contribution in [1.29, 1.82) is 0 Å². The van der Waals surface area contributed by atoms with E-state index in [0.717, 1.165) is 18.9 Å². The Morgan fingerprint density at radius 2 is 2.00 bits per heavy atom. The van der Waals surface area contributed by atoms with Crippen molar-refractivity contribution in [2.45, 2.75) is 25.2 Å². The van der Waals surface area contributed by atoms with E-state index in [-0.39, 0.29) is 17.5 Å². The second kappa shape index (κ2) is 7.30. The first kappa shape index (κ1) is 16.9. The zero-order valence-corrected chi connectivity index (χ0v) is 13.7. The van der Waals surface area contributed by atoms with Gasteiger partial charge in [0.15, 0.2) is 0 Å². The molecule has 2 amide bonds. The van der Waals surface area contributed by atoms with E-state index in [1.165, 1.54) is 29.3 Å². The summed E-state index contributed by atoms with van der Waals surface area (Å²) in [5.41, 5.74) is 2.98. The summed E-state index contributed by atoms with van der Waals surface area (Å²) in [5, 5.41) is 5.15. The van der Waals surface area contributed by atoms with E-state index in [9.17, 15) is 14.0 Å². The average Bonchev–Trinajstić information content (AvgIpc) is 3.01. The Bertz CT molecular complexity index is 832. The number of benzene rings is 2. The lowest BCUT2D eigenvalue weighted by atomic mass is 9.97. The minimum absolute atomic E-state index is 0.00825. The molecule has 1 atom stereocenters. The molecule has 128 valence electrons. The van der Waals surface area contributed by atoms with Crippen molar-refractivity contribution >= 4 is 23.2 Å². The molecule has 0 heterocycles. The zero-order valence-electron chi connectivity index (χ0n) is 13.7. The van der Waals surface area contributed by atoms with Gasteiger partial charge in [0.2, 0.25) is 11.8 Å². The number of nitrogens with one attached hydrogen (secondary N) is 2. The zero-order chi connectivity index (χ0) is 17.8. The molecule has 25 heavy (non-hydrogen) atoms. The van der Waals surface area contributed by atoms with Crippen molar-refractivity contribution in [2.24, 2.45) is 0 Å². The monoisotopic (exact) mass is 338 g/mol. The van der Waals surface area contributed by atoms with E-state index in [1.54, 1.807) is 0 Å². The minimum Gasteiger partial charge on any atom is -0.326 e. The molecule has 3 rings (SSSR count). The molecule has 4 nitrogen and oxygen atoms in total. The molecule has 0 fully saturated rings. The van der Waals surface area contributed by atoms with E-state index in [2.05, 4.69) is 29.3 Å². The van der Waals surface area contributed by atoms with Crippen LogP contribution < -0.4 is 10.6 Å². The Morgan fingerprint density at radius 3 is 2.80 bits per heavy atom. The molecule has 0 aromatic heterocycles. The fourth-order valence-corrected chi connectivity index (χ4v) is 3.18. The molecular formula is C20H19FN2O2. The third-order valence-corrected chi connectivity index (χ3v) is 4.38. The summed E-state index contributed by atoms with van der Waals surface area (Å²) in [6.07, 6.45) is 3.38. The van der Waals surface area contributed by atoms with Gasteiger partial charge in [0.25, 0.3) is 0 Å². The molecular weight excluding hydrogens is 319 g/mol. The minimum atomic E-state index is -0.571. The average molecular weight is 338 g/mol. The van der Waals surface area contributed by atoms with E-state index in [4.69, 9.17) is 0 Å². The topological polar surface area (TPSA) is 58.2 Å². The highest BCUT2D eigenvalue weighted by Gasteiger charge is 2.24. The van der Waals surface area contributed by atoms with Crippen molar-refractivity contribution in [3.8, 4) is 0 Å². The Morgan fingerprint density at radius 1 is 1.20 bits per heavy atom. The Balaban J connectivity index is 1.66. The van der Waals surface area contributed by atoms with Gasteiger partial charge < -0.3 is 10.6 Å². The van der Waals surface area contributed by atoms with Gasteiger partial charge in [-0.2, -0.15) is 0 Å². The van der Waals surface area contributed by atoms with Gasteiger partial charge in [-0.15, -0.1) is 0 Å².